The van der Waals surface area contributed by atoms with Gasteiger partial charge in [-0.15, -0.1) is 0 Å². The minimum atomic E-state index is -0.677. The van der Waals surface area contributed by atoms with Gasteiger partial charge in [-0.05, 0) is 30.3 Å². The van der Waals surface area contributed by atoms with Gasteiger partial charge in [-0.2, -0.15) is 0 Å². The standard InChI is InChI=1S/C16H12F2N4O2/c17-9-4-5-12(18)11(6-9)14-7-13(22-24-14)16(23)20-8-10-2-1-3-15(19)21-10/h1-7H,8H2,(H2,19,21)(H,20,23). The fourth-order valence-electron chi connectivity index (χ4n) is 2.05. The Morgan fingerprint density at radius 2 is 2.04 bits per heavy atom. The maximum atomic E-state index is 13.7. The number of hydrogen-bond acceptors (Lipinski definition) is 5. The number of nitrogens with zero attached hydrogens (tertiary/aromatic N) is 2. The van der Waals surface area contributed by atoms with Gasteiger partial charge in [0.15, 0.2) is 11.5 Å². The van der Waals surface area contributed by atoms with E-state index in [4.69, 9.17) is 10.3 Å². The van der Waals surface area contributed by atoms with Gasteiger partial charge < -0.3 is 15.6 Å². The molecule has 3 aromatic rings. The van der Waals surface area contributed by atoms with E-state index in [1.165, 1.54) is 6.07 Å². The first-order valence-corrected chi connectivity index (χ1v) is 6.94. The first-order valence-electron chi connectivity index (χ1n) is 6.94. The van der Waals surface area contributed by atoms with Crippen LogP contribution in [-0.4, -0.2) is 16.0 Å². The summed E-state index contributed by atoms with van der Waals surface area (Å²) in [5.74, 6) is -1.54. The Morgan fingerprint density at radius 1 is 1.21 bits per heavy atom. The molecule has 0 aliphatic carbocycles. The lowest BCUT2D eigenvalue weighted by Crippen LogP contribution is -2.23. The summed E-state index contributed by atoms with van der Waals surface area (Å²) in [4.78, 5) is 16.1. The van der Waals surface area contributed by atoms with Gasteiger partial charge >= 0.3 is 0 Å². The Balaban J connectivity index is 1.73. The van der Waals surface area contributed by atoms with Crippen molar-refractivity contribution in [2.75, 3.05) is 5.73 Å². The molecule has 24 heavy (non-hydrogen) atoms. The molecular weight excluding hydrogens is 318 g/mol. The molecule has 2 heterocycles. The van der Waals surface area contributed by atoms with Crippen molar-refractivity contribution >= 4 is 11.7 Å². The summed E-state index contributed by atoms with van der Waals surface area (Å²) in [6, 6.07) is 9.20. The molecule has 3 rings (SSSR count). The molecule has 6 nitrogen and oxygen atoms in total. The molecule has 1 amide bonds. The predicted octanol–water partition coefficient (Wildman–Crippen LogP) is 2.53. The van der Waals surface area contributed by atoms with Crippen LogP contribution in [0.15, 0.2) is 47.0 Å². The van der Waals surface area contributed by atoms with Crippen LogP contribution in [-0.2, 0) is 6.54 Å². The predicted molar refractivity (Wildman–Crippen MR) is 81.7 cm³/mol. The van der Waals surface area contributed by atoms with E-state index >= 15 is 0 Å². The van der Waals surface area contributed by atoms with Crippen LogP contribution in [0.5, 0.6) is 0 Å². The van der Waals surface area contributed by atoms with Gasteiger partial charge in [0.1, 0.15) is 17.5 Å². The number of rotatable bonds is 4. The average molecular weight is 330 g/mol. The van der Waals surface area contributed by atoms with Crippen molar-refractivity contribution in [3.63, 3.8) is 0 Å². The van der Waals surface area contributed by atoms with E-state index in [1.807, 2.05) is 0 Å². The van der Waals surface area contributed by atoms with Crippen LogP contribution in [0.1, 0.15) is 16.2 Å². The van der Waals surface area contributed by atoms with Gasteiger partial charge in [-0.1, -0.05) is 11.2 Å². The van der Waals surface area contributed by atoms with Gasteiger partial charge in [0.25, 0.3) is 5.91 Å². The summed E-state index contributed by atoms with van der Waals surface area (Å²) in [7, 11) is 0. The van der Waals surface area contributed by atoms with Crippen molar-refractivity contribution in [2.45, 2.75) is 6.54 Å². The van der Waals surface area contributed by atoms with Crippen LogP contribution in [0.2, 0.25) is 0 Å². The minimum Gasteiger partial charge on any atom is -0.384 e. The van der Waals surface area contributed by atoms with Gasteiger partial charge in [0.2, 0.25) is 0 Å². The van der Waals surface area contributed by atoms with Crippen molar-refractivity contribution in [1.82, 2.24) is 15.5 Å². The van der Waals surface area contributed by atoms with Crippen molar-refractivity contribution < 1.29 is 18.1 Å². The number of pyridine rings is 1. The Kier molecular flexibility index (Phi) is 4.19. The number of nitrogens with one attached hydrogen (secondary N) is 1. The SMILES string of the molecule is Nc1cccc(CNC(=O)c2cc(-c3cc(F)ccc3F)on2)n1. The quantitative estimate of drug-likeness (QED) is 0.766. The second-order valence-corrected chi connectivity index (χ2v) is 4.94. The average Bonchev–Trinajstić information content (AvgIpc) is 3.05. The van der Waals surface area contributed by atoms with E-state index in [0.717, 1.165) is 18.2 Å². The highest BCUT2D eigenvalue weighted by Crippen LogP contribution is 2.24. The summed E-state index contributed by atoms with van der Waals surface area (Å²) in [6.07, 6.45) is 0. The molecule has 0 saturated heterocycles. The van der Waals surface area contributed by atoms with Gasteiger partial charge in [0.05, 0.1) is 17.8 Å². The number of hydrogen-bond donors (Lipinski definition) is 2. The Morgan fingerprint density at radius 3 is 2.83 bits per heavy atom. The second kappa shape index (κ2) is 6.45. The number of carbonyl (C=O) groups is 1. The number of anilines is 1. The maximum absolute atomic E-state index is 13.7. The third-order valence-electron chi connectivity index (χ3n) is 3.20. The number of carbonyl (C=O) groups excluding carboxylic acids is 1. The number of benzene rings is 1. The van der Waals surface area contributed by atoms with Gasteiger partial charge in [-0.3, -0.25) is 4.79 Å². The fourth-order valence-corrected chi connectivity index (χ4v) is 2.05. The third kappa shape index (κ3) is 3.37. The number of nitrogens with two attached hydrogens (primary N) is 1. The third-order valence-corrected chi connectivity index (χ3v) is 3.20. The van der Waals surface area contributed by atoms with E-state index in [-0.39, 0.29) is 23.6 Å². The van der Waals surface area contributed by atoms with Crippen molar-refractivity contribution in [2.24, 2.45) is 0 Å². The molecule has 0 aliphatic rings. The zero-order valence-corrected chi connectivity index (χ0v) is 12.3. The van der Waals surface area contributed by atoms with Crippen molar-refractivity contribution in [3.05, 3.63) is 65.5 Å². The Bertz CT molecular complexity index is 895. The molecule has 0 unspecified atom stereocenters. The van der Waals surface area contributed by atoms with Crippen LogP contribution in [0.25, 0.3) is 11.3 Å². The summed E-state index contributed by atoms with van der Waals surface area (Å²) >= 11 is 0. The molecule has 2 aromatic heterocycles. The smallest absolute Gasteiger partial charge is 0.273 e. The van der Waals surface area contributed by atoms with Crippen molar-refractivity contribution in [1.29, 1.82) is 0 Å². The van der Waals surface area contributed by atoms with E-state index < -0.39 is 17.5 Å². The topological polar surface area (TPSA) is 94.0 Å². The number of amides is 1. The lowest BCUT2D eigenvalue weighted by molar-refractivity contribution is 0.0941. The summed E-state index contributed by atoms with van der Waals surface area (Å²) in [6.45, 7) is 0.139. The molecule has 0 saturated carbocycles. The molecule has 0 fully saturated rings. The number of aromatic nitrogens is 2. The molecule has 3 N–H and O–H groups in total. The van der Waals surface area contributed by atoms with Crippen molar-refractivity contribution in [3.8, 4) is 11.3 Å². The molecule has 0 spiro atoms. The number of halogens is 2. The zero-order valence-electron chi connectivity index (χ0n) is 12.3. The molecule has 0 radical (unpaired) electrons. The lowest BCUT2D eigenvalue weighted by atomic mass is 10.1. The molecule has 0 aliphatic heterocycles. The van der Waals surface area contributed by atoms with E-state index in [0.29, 0.717) is 11.5 Å². The van der Waals surface area contributed by atoms with E-state index in [9.17, 15) is 13.6 Å². The molecule has 122 valence electrons. The van der Waals surface area contributed by atoms with Crippen LogP contribution in [0.4, 0.5) is 14.6 Å². The Labute approximate surface area is 135 Å². The largest absolute Gasteiger partial charge is 0.384 e. The van der Waals surface area contributed by atoms with E-state index in [1.54, 1.807) is 18.2 Å². The molecule has 0 atom stereocenters. The first-order chi connectivity index (χ1) is 11.5. The number of nitrogen functional groups attached to an aromatic ring is 1. The van der Waals surface area contributed by atoms with Gasteiger partial charge in [-0.25, -0.2) is 13.8 Å². The zero-order chi connectivity index (χ0) is 17.1. The molecule has 0 bridgehead atoms. The molecular formula is C16H12F2N4O2. The summed E-state index contributed by atoms with van der Waals surface area (Å²) < 4.78 is 31.8. The van der Waals surface area contributed by atoms with Crippen LogP contribution in [0, 0.1) is 11.6 Å². The molecule has 8 heteroatoms. The summed E-state index contributed by atoms with van der Waals surface area (Å²) in [5.41, 5.74) is 5.96. The lowest BCUT2D eigenvalue weighted by Gasteiger charge is -2.02. The highest BCUT2D eigenvalue weighted by atomic mass is 19.1. The van der Waals surface area contributed by atoms with Crippen LogP contribution >= 0.6 is 0 Å². The highest BCUT2D eigenvalue weighted by molar-refractivity contribution is 5.93. The highest BCUT2D eigenvalue weighted by Gasteiger charge is 2.16. The minimum absolute atomic E-state index is 0.0424. The Hall–Kier alpha value is -3.29. The normalized spacial score (nSPS) is 10.6. The maximum Gasteiger partial charge on any atom is 0.273 e. The second-order valence-electron chi connectivity index (χ2n) is 4.94. The van der Waals surface area contributed by atoms with Crippen LogP contribution in [0.3, 0.4) is 0 Å². The van der Waals surface area contributed by atoms with E-state index in [2.05, 4.69) is 15.5 Å². The molecule has 1 aromatic carbocycles. The first kappa shape index (κ1) is 15.6. The van der Waals surface area contributed by atoms with Crippen LogP contribution < -0.4 is 11.1 Å². The fraction of sp³-hybridized carbons (Fsp3) is 0.0625. The summed E-state index contributed by atoms with van der Waals surface area (Å²) in [5, 5.41) is 6.16. The monoisotopic (exact) mass is 330 g/mol. The van der Waals surface area contributed by atoms with Gasteiger partial charge in [0, 0.05) is 6.07 Å².